The third kappa shape index (κ3) is 6.43. The number of piperazine rings is 1. The first-order valence-corrected chi connectivity index (χ1v) is 16.4. The molecule has 3 aliphatic heterocycles. The zero-order valence-corrected chi connectivity index (χ0v) is 27.3. The van der Waals surface area contributed by atoms with Crippen molar-refractivity contribution in [3.05, 3.63) is 70.8 Å². The quantitative estimate of drug-likeness (QED) is 0.292. The first-order valence-electron chi connectivity index (χ1n) is 16.4. The molecule has 3 fully saturated rings. The van der Waals surface area contributed by atoms with Crippen molar-refractivity contribution in [3.63, 3.8) is 0 Å². The van der Waals surface area contributed by atoms with E-state index < -0.39 is 0 Å². The van der Waals surface area contributed by atoms with Crippen LogP contribution in [0.1, 0.15) is 24.8 Å². The minimum absolute atomic E-state index is 0.237. The van der Waals surface area contributed by atoms with Gasteiger partial charge in [-0.3, -0.25) is 34.6 Å². The number of imide groups is 1. The Morgan fingerprint density at radius 3 is 2.38 bits per heavy atom. The van der Waals surface area contributed by atoms with Gasteiger partial charge in [-0.15, -0.1) is 0 Å². The van der Waals surface area contributed by atoms with Gasteiger partial charge in [-0.25, -0.2) is 9.78 Å². The summed E-state index contributed by atoms with van der Waals surface area (Å²) < 4.78 is 10.8. The summed E-state index contributed by atoms with van der Waals surface area (Å²) in [5.74, 6) is 1.27. The Balaban J connectivity index is 0.933. The van der Waals surface area contributed by atoms with Crippen molar-refractivity contribution in [3.8, 4) is 22.9 Å². The Kier molecular flexibility index (Phi) is 8.96. The SMILES string of the molecule is COc1cc(OC)c2c(=O)[nH]c(-c3ccc(N4CCC(N5CCN(Cc6ccncc6N6CCC(=O)NC6=O)CC5)CC4)cc3)nc2c1. The van der Waals surface area contributed by atoms with E-state index in [4.69, 9.17) is 14.5 Å². The lowest BCUT2D eigenvalue weighted by Crippen LogP contribution is -2.53. The number of carbonyl (C=O) groups is 2. The molecule has 4 aromatic rings. The number of ether oxygens (including phenoxy) is 2. The van der Waals surface area contributed by atoms with Crippen LogP contribution in [0.15, 0.2) is 59.7 Å². The fourth-order valence-corrected chi connectivity index (χ4v) is 7.06. The summed E-state index contributed by atoms with van der Waals surface area (Å²) in [4.78, 5) is 58.0. The number of carbonyl (C=O) groups excluding carboxylic acids is 2. The molecule has 48 heavy (non-hydrogen) atoms. The summed E-state index contributed by atoms with van der Waals surface area (Å²) in [6, 6.07) is 13.8. The summed E-state index contributed by atoms with van der Waals surface area (Å²) in [5.41, 5.74) is 4.07. The molecule has 0 atom stereocenters. The maximum Gasteiger partial charge on any atom is 0.328 e. The summed E-state index contributed by atoms with van der Waals surface area (Å²) in [6.07, 6.45) is 5.98. The normalized spacial score (nSPS) is 18.3. The third-order valence-electron chi connectivity index (χ3n) is 9.72. The molecule has 0 saturated carbocycles. The number of H-pyrrole nitrogens is 1. The number of benzene rings is 2. The van der Waals surface area contributed by atoms with Gasteiger partial charge in [0, 0.05) is 94.4 Å². The number of nitrogens with one attached hydrogen (secondary N) is 2. The number of anilines is 2. The maximum absolute atomic E-state index is 13.0. The summed E-state index contributed by atoms with van der Waals surface area (Å²) in [5, 5.41) is 2.81. The lowest BCUT2D eigenvalue weighted by molar-refractivity contribution is -0.120. The van der Waals surface area contributed by atoms with Gasteiger partial charge in [-0.05, 0) is 48.7 Å². The van der Waals surface area contributed by atoms with Crippen LogP contribution < -0.4 is 30.1 Å². The first kappa shape index (κ1) is 31.6. The van der Waals surface area contributed by atoms with Gasteiger partial charge in [0.2, 0.25) is 5.91 Å². The van der Waals surface area contributed by atoms with Crippen LogP contribution in [0.3, 0.4) is 0 Å². The van der Waals surface area contributed by atoms with E-state index in [0.717, 1.165) is 81.2 Å². The maximum atomic E-state index is 13.0. The number of rotatable bonds is 8. The minimum Gasteiger partial charge on any atom is -0.497 e. The van der Waals surface area contributed by atoms with Crippen LogP contribution >= 0.6 is 0 Å². The van der Waals surface area contributed by atoms with Crippen LogP contribution in [0.25, 0.3) is 22.3 Å². The second-order valence-electron chi connectivity index (χ2n) is 12.5. The molecule has 0 spiro atoms. The monoisotopic (exact) mass is 652 g/mol. The zero-order valence-electron chi connectivity index (χ0n) is 27.3. The van der Waals surface area contributed by atoms with E-state index >= 15 is 0 Å². The molecule has 0 aliphatic carbocycles. The standard InChI is InChI=1S/C35H40N8O5/c1-47-27-19-28-32(30(20-27)48-2)34(45)39-33(37-28)23-3-5-25(6-4-23)41-12-8-26(9-13-41)42-17-15-40(16-18-42)22-24-7-11-36-21-29(24)43-14-10-31(44)38-35(43)46/h3-7,11,19-21,26H,8-10,12-18,22H2,1-2H3,(H,37,39,45)(H,38,44,46). The van der Waals surface area contributed by atoms with Crippen molar-refractivity contribution in [1.29, 1.82) is 0 Å². The summed E-state index contributed by atoms with van der Waals surface area (Å²) in [6.45, 7) is 7.00. The molecule has 7 rings (SSSR count). The largest absolute Gasteiger partial charge is 0.497 e. The van der Waals surface area contributed by atoms with E-state index in [0.29, 0.717) is 47.2 Å². The van der Waals surface area contributed by atoms with Crippen molar-refractivity contribution in [2.75, 3.05) is 69.8 Å². The number of aromatic amines is 1. The number of aromatic nitrogens is 3. The first-order chi connectivity index (χ1) is 23.4. The second kappa shape index (κ2) is 13.6. The predicted molar refractivity (Wildman–Crippen MR) is 183 cm³/mol. The van der Waals surface area contributed by atoms with E-state index in [2.05, 4.69) is 42.1 Å². The average Bonchev–Trinajstić information content (AvgIpc) is 3.12. The van der Waals surface area contributed by atoms with Gasteiger partial charge in [0.25, 0.3) is 5.56 Å². The van der Waals surface area contributed by atoms with Gasteiger partial charge < -0.3 is 19.4 Å². The molecule has 13 heteroatoms. The molecule has 2 N–H and O–H groups in total. The van der Waals surface area contributed by atoms with E-state index in [-0.39, 0.29) is 17.5 Å². The fourth-order valence-electron chi connectivity index (χ4n) is 7.06. The Bertz CT molecular complexity index is 1860. The number of piperidine rings is 1. The Morgan fingerprint density at radius 2 is 1.67 bits per heavy atom. The molecule has 3 saturated heterocycles. The van der Waals surface area contributed by atoms with E-state index in [1.165, 1.54) is 7.11 Å². The Labute approximate surface area is 278 Å². The van der Waals surface area contributed by atoms with Crippen molar-refractivity contribution >= 4 is 34.2 Å². The highest BCUT2D eigenvalue weighted by Crippen LogP contribution is 2.30. The molecule has 0 radical (unpaired) electrons. The number of fused-ring (bicyclic) bond motifs is 1. The van der Waals surface area contributed by atoms with Gasteiger partial charge in [0.05, 0.1) is 31.6 Å². The van der Waals surface area contributed by atoms with Gasteiger partial charge in [0.15, 0.2) is 0 Å². The lowest BCUT2D eigenvalue weighted by Gasteiger charge is -2.43. The molecule has 0 unspecified atom stereocenters. The van der Waals surface area contributed by atoms with Crippen molar-refractivity contribution < 1.29 is 19.1 Å². The number of nitrogens with zero attached hydrogens (tertiary/aromatic N) is 6. The summed E-state index contributed by atoms with van der Waals surface area (Å²) >= 11 is 0. The van der Waals surface area contributed by atoms with Crippen LogP contribution in [0, 0.1) is 0 Å². The van der Waals surface area contributed by atoms with Crippen LogP contribution in [-0.2, 0) is 11.3 Å². The molecule has 13 nitrogen and oxygen atoms in total. The molecular formula is C35H40N8O5. The van der Waals surface area contributed by atoms with Gasteiger partial charge in [0.1, 0.15) is 22.7 Å². The van der Waals surface area contributed by atoms with Crippen LogP contribution in [0.4, 0.5) is 16.2 Å². The minimum atomic E-state index is -0.381. The van der Waals surface area contributed by atoms with Crippen molar-refractivity contribution in [2.45, 2.75) is 31.8 Å². The van der Waals surface area contributed by atoms with E-state index in [1.54, 1.807) is 36.5 Å². The smallest absolute Gasteiger partial charge is 0.328 e. The Hall–Kier alpha value is -5.01. The average molecular weight is 653 g/mol. The molecule has 2 aromatic heterocycles. The molecule has 5 heterocycles. The molecule has 2 aromatic carbocycles. The zero-order chi connectivity index (χ0) is 33.2. The molecule has 0 bridgehead atoms. The summed E-state index contributed by atoms with van der Waals surface area (Å²) in [7, 11) is 3.10. The van der Waals surface area contributed by atoms with Crippen molar-refractivity contribution in [1.82, 2.24) is 30.1 Å². The van der Waals surface area contributed by atoms with E-state index in [9.17, 15) is 14.4 Å². The number of urea groups is 1. The fraction of sp³-hybridized carbons (Fsp3) is 0.400. The predicted octanol–water partition coefficient (Wildman–Crippen LogP) is 3.24. The number of methoxy groups -OCH3 is 2. The van der Waals surface area contributed by atoms with Gasteiger partial charge in [-0.2, -0.15) is 0 Å². The highest BCUT2D eigenvalue weighted by atomic mass is 16.5. The third-order valence-corrected chi connectivity index (χ3v) is 9.72. The lowest BCUT2D eigenvalue weighted by atomic mass is 10.0. The number of pyridine rings is 1. The number of hydrogen-bond acceptors (Lipinski definition) is 10. The second-order valence-corrected chi connectivity index (χ2v) is 12.5. The Morgan fingerprint density at radius 1 is 0.896 bits per heavy atom. The number of hydrogen-bond donors (Lipinski definition) is 2. The molecular weight excluding hydrogens is 612 g/mol. The molecule has 250 valence electrons. The number of amides is 3. The molecule has 3 amide bonds. The highest BCUT2D eigenvalue weighted by Gasteiger charge is 2.30. The van der Waals surface area contributed by atoms with E-state index in [1.807, 2.05) is 18.2 Å². The van der Waals surface area contributed by atoms with Crippen LogP contribution in [-0.4, -0.2) is 103 Å². The molecule has 3 aliphatic rings. The highest BCUT2D eigenvalue weighted by molar-refractivity contribution is 6.05. The van der Waals surface area contributed by atoms with Gasteiger partial charge in [-0.1, -0.05) is 0 Å². The van der Waals surface area contributed by atoms with Crippen molar-refractivity contribution in [2.24, 2.45) is 0 Å². The van der Waals surface area contributed by atoms with Gasteiger partial charge >= 0.3 is 6.03 Å². The van der Waals surface area contributed by atoms with Crippen LogP contribution in [0.5, 0.6) is 11.5 Å². The van der Waals surface area contributed by atoms with Crippen LogP contribution in [0.2, 0.25) is 0 Å². The topological polar surface area (TPSA) is 136 Å².